The summed E-state index contributed by atoms with van der Waals surface area (Å²) in [7, 11) is 0. The Balaban J connectivity index is 2.01. The van der Waals surface area contributed by atoms with E-state index in [1.807, 2.05) is 37.3 Å². The molecule has 24 heavy (non-hydrogen) atoms. The van der Waals surface area contributed by atoms with Gasteiger partial charge in [0.15, 0.2) is 0 Å². The first-order chi connectivity index (χ1) is 11.5. The topological polar surface area (TPSA) is 55.4 Å². The number of benzene rings is 2. The molecular formula is C18H18ClNO3S. The van der Waals surface area contributed by atoms with Crippen LogP contribution >= 0.6 is 23.4 Å². The smallest absolute Gasteiger partial charge is 0.339 e. The van der Waals surface area contributed by atoms with E-state index in [0.29, 0.717) is 5.69 Å². The summed E-state index contributed by atoms with van der Waals surface area (Å²) in [6.07, 6.45) is 0. The quantitative estimate of drug-likeness (QED) is 0.600. The molecule has 2 aromatic carbocycles. The van der Waals surface area contributed by atoms with Gasteiger partial charge in [0.25, 0.3) is 0 Å². The van der Waals surface area contributed by atoms with Crippen LogP contribution in [0.25, 0.3) is 0 Å². The first-order valence-electron chi connectivity index (χ1n) is 7.50. The van der Waals surface area contributed by atoms with Gasteiger partial charge in [0, 0.05) is 10.6 Å². The Kier molecular flexibility index (Phi) is 6.70. The Morgan fingerprint density at radius 2 is 1.92 bits per heavy atom. The number of esters is 1. The lowest BCUT2D eigenvalue weighted by Crippen LogP contribution is -2.22. The van der Waals surface area contributed by atoms with Gasteiger partial charge in [-0.1, -0.05) is 29.8 Å². The molecule has 6 heteroatoms. The number of hydrogen-bond acceptors (Lipinski definition) is 4. The van der Waals surface area contributed by atoms with Crippen LogP contribution in [0.5, 0.6) is 0 Å². The van der Waals surface area contributed by atoms with Crippen molar-refractivity contribution >= 4 is 40.9 Å². The Hall–Kier alpha value is -1.98. The molecule has 1 N–H and O–H groups in total. The second-order valence-electron chi connectivity index (χ2n) is 4.98. The molecule has 0 aliphatic carbocycles. The van der Waals surface area contributed by atoms with Crippen LogP contribution in [0.3, 0.4) is 0 Å². The van der Waals surface area contributed by atoms with Crippen molar-refractivity contribution in [1.82, 2.24) is 0 Å². The van der Waals surface area contributed by atoms with Gasteiger partial charge >= 0.3 is 5.97 Å². The summed E-state index contributed by atoms with van der Waals surface area (Å²) < 4.78 is 4.92. The van der Waals surface area contributed by atoms with Crippen LogP contribution < -0.4 is 5.32 Å². The largest absolute Gasteiger partial charge is 0.462 e. The number of halogens is 1. The average molecular weight is 364 g/mol. The summed E-state index contributed by atoms with van der Waals surface area (Å²) in [4.78, 5) is 25.0. The zero-order valence-electron chi connectivity index (χ0n) is 13.4. The molecule has 0 heterocycles. The molecule has 0 radical (unpaired) electrons. The van der Waals surface area contributed by atoms with Crippen LogP contribution in [0.4, 0.5) is 5.69 Å². The summed E-state index contributed by atoms with van der Waals surface area (Å²) in [5.74, 6) is -0.614. The maximum Gasteiger partial charge on any atom is 0.339 e. The molecule has 4 nitrogen and oxygen atoms in total. The third-order valence-electron chi connectivity index (χ3n) is 3.16. The fraction of sp³-hybridized carbons (Fsp3) is 0.222. The zero-order chi connectivity index (χ0) is 17.5. The molecule has 0 fully saturated rings. The van der Waals surface area contributed by atoms with Crippen LogP contribution in [-0.4, -0.2) is 23.7 Å². The number of anilines is 1. The maximum atomic E-state index is 12.3. The predicted octanol–water partition coefficient (Wildman–Crippen LogP) is 4.64. The minimum Gasteiger partial charge on any atom is -0.462 e. The van der Waals surface area contributed by atoms with Gasteiger partial charge in [-0.3, -0.25) is 4.79 Å². The molecule has 2 aromatic rings. The minimum atomic E-state index is -0.478. The highest BCUT2D eigenvalue weighted by atomic mass is 35.5. The molecular weight excluding hydrogens is 346 g/mol. The van der Waals surface area contributed by atoms with Crippen molar-refractivity contribution < 1.29 is 14.3 Å². The van der Waals surface area contributed by atoms with Crippen LogP contribution in [0.1, 0.15) is 24.2 Å². The Bertz CT molecular complexity index is 721. The minimum absolute atomic E-state index is 0.135. The summed E-state index contributed by atoms with van der Waals surface area (Å²) in [6, 6.07) is 14.4. The zero-order valence-corrected chi connectivity index (χ0v) is 15.0. The van der Waals surface area contributed by atoms with E-state index < -0.39 is 5.97 Å². The van der Waals surface area contributed by atoms with Crippen LogP contribution in [0, 0.1) is 0 Å². The van der Waals surface area contributed by atoms with Crippen LogP contribution in [0.15, 0.2) is 53.4 Å². The van der Waals surface area contributed by atoms with E-state index in [1.54, 1.807) is 25.1 Å². The number of carbonyl (C=O) groups is 2. The number of thioether (sulfide) groups is 1. The van der Waals surface area contributed by atoms with Crippen molar-refractivity contribution in [1.29, 1.82) is 0 Å². The maximum absolute atomic E-state index is 12.3. The third-order valence-corrected chi connectivity index (χ3v) is 4.58. The number of amides is 1. The van der Waals surface area contributed by atoms with Crippen molar-refractivity contribution in [2.75, 3.05) is 11.9 Å². The molecule has 1 atom stereocenters. The van der Waals surface area contributed by atoms with E-state index in [-0.39, 0.29) is 28.4 Å². The van der Waals surface area contributed by atoms with Gasteiger partial charge in [0.2, 0.25) is 5.91 Å². The van der Waals surface area contributed by atoms with E-state index in [4.69, 9.17) is 16.3 Å². The number of rotatable bonds is 6. The Labute approximate surface area is 150 Å². The van der Waals surface area contributed by atoms with E-state index in [1.165, 1.54) is 11.8 Å². The van der Waals surface area contributed by atoms with Crippen molar-refractivity contribution in [2.45, 2.75) is 24.0 Å². The van der Waals surface area contributed by atoms with Gasteiger partial charge in [-0.15, -0.1) is 11.8 Å². The predicted molar refractivity (Wildman–Crippen MR) is 97.8 cm³/mol. The molecule has 1 unspecified atom stereocenters. The van der Waals surface area contributed by atoms with Crippen LogP contribution in [-0.2, 0) is 9.53 Å². The lowest BCUT2D eigenvalue weighted by molar-refractivity contribution is -0.115. The SMILES string of the molecule is CCOC(=O)c1ccc(NC(=O)C(C)Sc2ccccc2)cc1Cl. The second-order valence-corrected chi connectivity index (χ2v) is 6.80. The number of ether oxygens (including phenoxy) is 1. The van der Waals surface area contributed by atoms with E-state index in [2.05, 4.69) is 5.32 Å². The van der Waals surface area contributed by atoms with Gasteiger partial charge in [0.05, 0.1) is 22.4 Å². The molecule has 0 aromatic heterocycles. The lowest BCUT2D eigenvalue weighted by atomic mass is 10.2. The fourth-order valence-corrected chi connectivity index (χ4v) is 3.11. The normalized spacial score (nSPS) is 11.6. The Morgan fingerprint density at radius 1 is 1.21 bits per heavy atom. The molecule has 0 saturated heterocycles. The molecule has 0 aliphatic heterocycles. The first kappa shape index (κ1) is 18.4. The average Bonchev–Trinajstić information content (AvgIpc) is 2.56. The fourth-order valence-electron chi connectivity index (χ4n) is 1.97. The van der Waals surface area contributed by atoms with Crippen molar-refractivity contribution in [2.24, 2.45) is 0 Å². The number of carbonyl (C=O) groups excluding carboxylic acids is 2. The molecule has 0 spiro atoms. The molecule has 2 rings (SSSR count). The standard InChI is InChI=1S/C18H18ClNO3S/c1-3-23-18(22)15-10-9-13(11-16(15)19)20-17(21)12(2)24-14-7-5-4-6-8-14/h4-12H,3H2,1-2H3,(H,20,21). The van der Waals surface area contributed by atoms with Gasteiger partial charge in [-0.05, 0) is 44.2 Å². The molecule has 1 amide bonds. The van der Waals surface area contributed by atoms with Crippen molar-refractivity contribution in [3.05, 3.63) is 59.1 Å². The lowest BCUT2D eigenvalue weighted by Gasteiger charge is -2.13. The highest BCUT2D eigenvalue weighted by Crippen LogP contribution is 2.25. The van der Waals surface area contributed by atoms with Crippen molar-refractivity contribution in [3.63, 3.8) is 0 Å². The van der Waals surface area contributed by atoms with E-state index in [9.17, 15) is 9.59 Å². The van der Waals surface area contributed by atoms with Gasteiger partial charge in [0.1, 0.15) is 0 Å². The summed E-state index contributed by atoms with van der Waals surface area (Å²) in [5, 5.41) is 2.78. The Morgan fingerprint density at radius 3 is 2.54 bits per heavy atom. The van der Waals surface area contributed by atoms with E-state index in [0.717, 1.165) is 4.90 Å². The highest BCUT2D eigenvalue weighted by Gasteiger charge is 2.16. The van der Waals surface area contributed by atoms with Gasteiger partial charge in [-0.25, -0.2) is 4.79 Å². The molecule has 0 bridgehead atoms. The number of hydrogen-bond donors (Lipinski definition) is 1. The molecule has 0 saturated carbocycles. The first-order valence-corrected chi connectivity index (χ1v) is 8.76. The molecule has 126 valence electrons. The monoisotopic (exact) mass is 363 g/mol. The summed E-state index contributed by atoms with van der Waals surface area (Å²) >= 11 is 7.57. The van der Waals surface area contributed by atoms with Crippen LogP contribution in [0.2, 0.25) is 5.02 Å². The van der Waals surface area contributed by atoms with Gasteiger partial charge in [-0.2, -0.15) is 0 Å². The summed E-state index contributed by atoms with van der Waals surface area (Å²) in [5.41, 5.74) is 0.821. The second kappa shape index (κ2) is 8.76. The molecule has 0 aliphatic rings. The highest BCUT2D eigenvalue weighted by molar-refractivity contribution is 8.00. The number of nitrogens with one attached hydrogen (secondary N) is 1. The summed E-state index contributed by atoms with van der Waals surface area (Å²) in [6.45, 7) is 3.84. The third kappa shape index (κ3) is 5.01. The van der Waals surface area contributed by atoms with E-state index >= 15 is 0 Å². The van der Waals surface area contributed by atoms with Crippen molar-refractivity contribution in [3.8, 4) is 0 Å². The van der Waals surface area contributed by atoms with Gasteiger partial charge < -0.3 is 10.1 Å².